The van der Waals surface area contributed by atoms with Crippen LogP contribution in [-0.2, 0) is 9.47 Å². The van der Waals surface area contributed by atoms with E-state index >= 15 is 0 Å². The van der Waals surface area contributed by atoms with E-state index in [1.54, 1.807) is 0 Å². The number of hydrogen-bond acceptors (Lipinski definition) is 3. The fourth-order valence-electron chi connectivity index (χ4n) is 1.25. The van der Waals surface area contributed by atoms with Crippen LogP contribution in [0.5, 0.6) is 0 Å². The minimum atomic E-state index is 0.356. The molecule has 0 bridgehead atoms. The highest BCUT2D eigenvalue weighted by Crippen LogP contribution is 1.94. The Balaban J connectivity index is 3.09. The Labute approximate surface area is 94.5 Å². The van der Waals surface area contributed by atoms with Gasteiger partial charge in [0.15, 0.2) is 0 Å². The quantitative estimate of drug-likeness (QED) is 0.569. The highest BCUT2D eigenvalue weighted by atomic mass is 16.5. The van der Waals surface area contributed by atoms with Gasteiger partial charge >= 0.3 is 0 Å². The van der Waals surface area contributed by atoms with Crippen molar-refractivity contribution in [2.75, 3.05) is 26.4 Å². The minimum absolute atomic E-state index is 0.356. The predicted molar refractivity (Wildman–Crippen MR) is 64.3 cm³/mol. The van der Waals surface area contributed by atoms with Crippen molar-refractivity contribution in [3.63, 3.8) is 0 Å². The summed E-state index contributed by atoms with van der Waals surface area (Å²) in [6.45, 7) is 11.9. The van der Waals surface area contributed by atoms with E-state index < -0.39 is 0 Å². The molecule has 0 aromatic carbocycles. The molecule has 0 radical (unpaired) electrons. The molecule has 0 heterocycles. The zero-order chi connectivity index (χ0) is 11.5. The highest BCUT2D eigenvalue weighted by molar-refractivity contribution is 4.58. The molecule has 15 heavy (non-hydrogen) atoms. The van der Waals surface area contributed by atoms with Gasteiger partial charge in [-0.1, -0.05) is 0 Å². The van der Waals surface area contributed by atoms with Crippen LogP contribution in [0.25, 0.3) is 0 Å². The maximum absolute atomic E-state index is 5.46. The summed E-state index contributed by atoms with van der Waals surface area (Å²) in [5, 5.41) is 3.42. The van der Waals surface area contributed by atoms with Crippen LogP contribution in [0.2, 0.25) is 0 Å². The van der Waals surface area contributed by atoms with Crippen LogP contribution in [0.4, 0.5) is 0 Å². The Kier molecular flexibility index (Phi) is 10.3. The topological polar surface area (TPSA) is 30.5 Å². The van der Waals surface area contributed by atoms with Gasteiger partial charge < -0.3 is 14.8 Å². The van der Waals surface area contributed by atoms with Crippen molar-refractivity contribution in [2.45, 2.75) is 52.7 Å². The van der Waals surface area contributed by atoms with Crippen LogP contribution < -0.4 is 5.32 Å². The fourth-order valence-corrected chi connectivity index (χ4v) is 1.25. The van der Waals surface area contributed by atoms with Gasteiger partial charge in [-0.05, 0) is 47.1 Å². The molecule has 0 amide bonds. The third-order valence-corrected chi connectivity index (χ3v) is 2.09. The Morgan fingerprint density at radius 2 is 1.87 bits per heavy atom. The van der Waals surface area contributed by atoms with Gasteiger partial charge in [-0.15, -0.1) is 0 Å². The van der Waals surface area contributed by atoms with Crippen LogP contribution in [0, 0.1) is 0 Å². The Hall–Kier alpha value is -0.120. The average molecular weight is 217 g/mol. The van der Waals surface area contributed by atoms with Gasteiger partial charge in [0.05, 0.1) is 12.7 Å². The molecular formula is C12H27NO2. The first-order valence-electron chi connectivity index (χ1n) is 6.09. The van der Waals surface area contributed by atoms with Crippen LogP contribution >= 0.6 is 0 Å². The Morgan fingerprint density at radius 3 is 2.47 bits per heavy atom. The lowest BCUT2D eigenvalue weighted by atomic mass is 10.3. The van der Waals surface area contributed by atoms with Crippen molar-refractivity contribution in [3.8, 4) is 0 Å². The van der Waals surface area contributed by atoms with Crippen molar-refractivity contribution in [3.05, 3.63) is 0 Å². The molecule has 92 valence electrons. The standard InChI is InChI=1S/C12H27NO2/c1-5-14-10-12(4)13-8-6-7-9-15-11(2)3/h11-13H,5-10H2,1-4H3. The Morgan fingerprint density at radius 1 is 1.13 bits per heavy atom. The monoisotopic (exact) mass is 217 g/mol. The summed E-state index contributed by atoms with van der Waals surface area (Å²) in [4.78, 5) is 0. The molecule has 0 saturated heterocycles. The van der Waals surface area contributed by atoms with Crippen LogP contribution in [-0.4, -0.2) is 38.5 Å². The number of unbranched alkanes of at least 4 members (excludes halogenated alkanes) is 1. The van der Waals surface area contributed by atoms with Gasteiger partial charge in [-0.2, -0.15) is 0 Å². The SMILES string of the molecule is CCOCC(C)NCCCCOC(C)C. The first kappa shape index (κ1) is 14.9. The van der Waals surface area contributed by atoms with E-state index in [-0.39, 0.29) is 0 Å². The van der Waals surface area contributed by atoms with Crippen molar-refractivity contribution >= 4 is 0 Å². The van der Waals surface area contributed by atoms with E-state index in [0.29, 0.717) is 12.1 Å². The molecule has 1 unspecified atom stereocenters. The lowest BCUT2D eigenvalue weighted by Crippen LogP contribution is -2.31. The summed E-state index contributed by atoms with van der Waals surface area (Å²) in [6.07, 6.45) is 2.66. The van der Waals surface area contributed by atoms with Gasteiger partial charge in [-0.25, -0.2) is 0 Å². The van der Waals surface area contributed by atoms with Crippen LogP contribution in [0.1, 0.15) is 40.5 Å². The first-order valence-corrected chi connectivity index (χ1v) is 6.09. The third-order valence-electron chi connectivity index (χ3n) is 2.09. The van der Waals surface area contributed by atoms with Crippen molar-refractivity contribution in [1.82, 2.24) is 5.32 Å². The maximum Gasteiger partial charge on any atom is 0.0616 e. The third kappa shape index (κ3) is 11.8. The van der Waals surface area contributed by atoms with Crippen molar-refractivity contribution in [2.24, 2.45) is 0 Å². The Bertz CT molecular complexity index is 129. The van der Waals surface area contributed by atoms with E-state index in [1.165, 1.54) is 6.42 Å². The second kappa shape index (κ2) is 10.4. The largest absolute Gasteiger partial charge is 0.380 e. The molecular weight excluding hydrogens is 190 g/mol. The second-order valence-corrected chi connectivity index (χ2v) is 4.14. The highest BCUT2D eigenvalue weighted by Gasteiger charge is 1.99. The van der Waals surface area contributed by atoms with Gasteiger partial charge in [0.25, 0.3) is 0 Å². The van der Waals surface area contributed by atoms with E-state index in [1.807, 2.05) is 6.92 Å². The van der Waals surface area contributed by atoms with Gasteiger partial charge in [-0.3, -0.25) is 0 Å². The predicted octanol–water partition coefficient (Wildman–Crippen LogP) is 2.21. The van der Waals surface area contributed by atoms with E-state index in [0.717, 1.165) is 32.8 Å². The van der Waals surface area contributed by atoms with Gasteiger partial charge in [0, 0.05) is 19.3 Å². The average Bonchev–Trinajstić information content (AvgIpc) is 2.19. The van der Waals surface area contributed by atoms with Gasteiger partial charge in [0.1, 0.15) is 0 Å². The van der Waals surface area contributed by atoms with Crippen LogP contribution in [0.15, 0.2) is 0 Å². The zero-order valence-electron chi connectivity index (χ0n) is 10.7. The molecule has 3 nitrogen and oxygen atoms in total. The molecule has 0 saturated carbocycles. The van der Waals surface area contributed by atoms with E-state index in [9.17, 15) is 0 Å². The van der Waals surface area contributed by atoms with Crippen molar-refractivity contribution < 1.29 is 9.47 Å². The summed E-state index contributed by atoms with van der Waals surface area (Å²) in [5.74, 6) is 0. The summed E-state index contributed by atoms with van der Waals surface area (Å²) in [5.41, 5.74) is 0. The zero-order valence-corrected chi connectivity index (χ0v) is 10.7. The summed E-state index contributed by atoms with van der Waals surface area (Å²) in [7, 11) is 0. The minimum Gasteiger partial charge on any atom is -0.380 e. The van der Waals surface area contributed by atoms with E-state index in [2.05, 4.69) is 26.1 Å². The second-order valence-electron chi connectivity index (χ2n) is 4.14. The molecule has 0 aromatic rings. The molecule has 0 aliphatic rings. The summed E-state index contributed by atoms with van der Waals surface area (Å²) < 4.78 is 10.8. The first-order chi connectivity index (χ1) is 7.16. The number of ether oxygens (including phenoxy) is 2. The lowest BCUT2D eigenvalue weighted by Gasteiger charge is -2.13. The molecule has 1 atom stereocenters. The molecule has 0 aliphatic heterocycles. The summed E-state index contributed by atoms with van der Waals surface area (Å²) in [6, 6.07) is 0.455. The summed E-state index contributed by atoms with van der Waals surface area (Å²) >= 11 is 0. The van der Waals surface area contributed by atoms with E-state index in [4.69, 9.17) is 9.47 Å². The molecule has 0 aliphatic carbocycles. The molecule has 0 aromatic heterocycles. The number of hydrogen-bond donors (Lipinski definition) is 1. The van der Waals surface area contributed by atoms with Crippen LogP contribution in [0.3, 0.4) is 0 Å². The van der Waals surface area contributed by atoms with Gasteiger partial charge in [0.2, 0.25) is 0 Å². The molecule has 3 heteroatoms. The smallest absolute Gasteiger partial charge is 0.0616 e. The molecule has 0 spiro atoms. The number of rotatable bonds is 10. The fraction of sp³-hybridized carbons (Fsp3) is 1.00. The lowest BCUT2D eigenvalue weighted by molar-refractivity contribution is 0.0756. The molecule has 0 fully saturated rings. The maximum atomic E-state index is 5.46. The normalized spacial score (nSPS) is 13.4. The van der Waals surface area contributed by atoms with Crippen molar-refractivity contribution in [1.29, 1.82) is 0 Å². The molecule has 1 N–H and O–H groups in total. The molecule has 0 rings (SSSR count). The number of nitrogens with one attached hydrogen (secondary N) is 1.